The lowest BCUT2D eigenvalue weighted by Gasteiger charge is -2.32. The van der Waals surface area contributed by atoms with Gasteiger partial charge < -0.3 is 19.2 Å². The summed E-state index contributed by atoms with van der Waals surface area (Å²) in [6.07, 6.45) is 1.66. The van der Waals surface area contributed by atoms with Crippen molar-refractivity contribution in [2.45, 2.75) is 38.9 Å². The van der Waals surface area contributed by atoms with Crippen molar-refractivity contribution < 1.29 is 23.9 Å². The molecule has 0 spiro atoms. The highest BCUT2D eigenvalue weighted by atomic mass is 16.7. The molecule has 2 rings (SSSR count). The molecule has 0 radical (unpaired) electrons. The second-order valence-corrected chi connectivity index (χ2v) is 6.40. The number of aromatic nitrogens is 1. The van der Waals surface area contributed by atoms with E-state index in [2.05, 4.69) is 9.72 Å². The van der Waals surface area contributed by atoms with Gasteiger partial charge in [0.1, 0.15) is 5.69 Å². The molecular formula is C16H22BNO5. The van der Waals surface area contributed by atoms with Crippen molar-refractivity contribution in [2.75, 3.05) is 13.7 Å². The molecule has 0 bridgehead atoms. The Kier molecular flexibility index (Phi) is 4.94. The van der Waals surface area contributed by atoms with Gasteiger partial charge in [-0.15, -0.1) is 0 Å². The van der Waals surface area contributed by atoms with E-state index < -0.39 is 24.3 Å². The van der Waals surface area contributed by atoms with Gasteiger partial charge in [-0.25, -0.2) is 9.78 Å². The Morgan fingerprint density at radius 3 is 2.43 bits per heavy atom. The molecule has 1 N–H and O–H groups in total. The number of pyridine rings is 1. The van der Waals surface area contributed by atoms with Gasteiger partial charge in [0.15, 0.2) is 0 Å². The van der Waals surface area contributed by atoms with Crippen LogP contribution in [0.3, 0.4) is 0 Å². The second kappa shape index (κ2) is 6.43. The molecule has 1 fully saturated rings. The average Bonchev–Trinajstić information content (AvgIpc) is 2.72. The lowest BCUT2D eigenvalue weighted by atomic mass is 9.78. The third kappa shape index (κ3) is 3.63. The van der Waals surface area contributed by atoms with E-state index >= 15 is 0 Å². The fraction of sp³-hybridized carbons (Fsp3) is 0.500. The van der Waals surface area contributed by atoms with E-state index in [0.29, 0.717) is 11.2 Å². The first kappa shape index (κ1) is 17.7. The Balaban J connectivity index is 2.28. The fourth-order valence-corrected chi connectivity index (χ4v) is 2.12. The fourth-order valence-electron chi connectivity index (χ4n) is 2.12. The number of hydrogen-bond donors (Lipinski definition) is 1. The van der Waals surface area contributed by atoms with Gasteiger partial charge >= 0.3 is 13.1 Å². The maximum absolute atomic E-state index is 11.5. The molecule has 0 atom stereocenters. The van der Waals surface area contributed by atoms with Crippen LogP contribution in [0.1, 0.15) is 43.9 Å². The van der Waals surface area contributed by atoms with Gasteiger partial charge in [0.05, 0.1) is 30.6 Å². The molecule has 23 heavy (non-hydrogen) atoms. The number of carbonyl (C=O) groups excluding carboxylic acids is 1. The minimum Gasteiger partial charge on any atom is -0.464 e. The maximum Gasteiger partial charge on any atom is 0.492 e. The number of methoxy groups -OCH3 is 1. The number of rotatable bonds is 4. The summed E-state index contributed by atoms with van der Waals surface area (Å²) in [5, 5.41) is 9.67. The third-order valence-electron chi connectivity index (χ3n) is 4.24. The maximum atomic E-state index is 11.5. The van der Waals surface area contributed by atoms with Gasteiger partial charge in [-0.05, 0) is 51.4 Å². The monoisotopic (exact) mass is 319 g/mol. The van der Waals surface area contributed by atoms with Crippen LogP contribution in [0.15, 0.2) is 23.7 Å². The minimum atomic E-state index is -0.659. The lowest BCUT2D eigenvalue weighted by molar-refractivity contribution is 0.00578. The summed E-state index contributed by atoms with van der Waals surface area (Å²) in [5.74, 6) is -0.513. The molecule has 0 aromatic carbocycles. The van der Waals surface area contributed by atoms with Crippen LogP contribution in [-0.2, 0) is 14.0 Å². The number of ether oxygens (including phenoxy) is 1. The van der Waals surface area contributed by atoms with E-state index in [1.54, 1.807) is 24.3 Å². The minimum absolute atomic E-state index is 0.201. The predicted molar refractivity (Wildman–Crippen MR) is 86.7 cm³/mol. The van der Waals surface area contributed by atoms with Crippen molar-refractivity contribution in [3.63, 3.8) is 0 Å². The summed E-state index contributed by atoms with van der Waals surface area (Å²) in [7, 11) is 0.643. The highest BCUT2D eigenvalue weighted by Crippen LogP contribution is 2.38. The zero-order valence-electron chi connectivity index (χ0n) is 14.1. The van der Waals surface area contributed by atoms with Crippen LogP contribution in [0.25, 0.3) is 6.08 Å². The van der Waals surface area contributed by atoms with Crippen molar-refractivity contribution in [1.29, 1.82) is 0 Å². The van der Waals surface area contributed by atoms with Gasteiger partial charge in [0.2, 0.25) is 0 Å². The highest BCUT2D eigenvalue weighted by molar-refractivity contribution is 6.55. The zero-order valence-corrected chi connectivity index (χ0v) is 14.1. The summed E-state index contributed by atoms with van der Waals surface area (Å²) in [5.41, 5.74) is 0.276. The molecule has 1 aliphatic rings. The molecule has 1 aromatic heterocycles. The molecular weight excluding hydrogens is 297 g/mol. The Bertz CT molecular complexity index is 611. The third-order valence-corrected chi connectivity index (χ3v) is 4.24. The standard InChI is InChI=1S/C16H22BNO5/c1-15(2)16(3,4)23-17(22-15)11(10-19)9-12-7-6-8-13(18-12)14(20)21-5/h6-9,19H,10H2,1-5H3. The topological polar surface area (TPSA) is 77.9 Å². The zero-order chi connectivity index (χ0) is 17.3. The van der Waals surface area contributed by atoms with E-state index in [4.69, 9.17) is 9.31 Å². The van der Waals surface area contributed by atoms with Crippen LogP contribution in [0.4, 0.5) is 0 Å². The molecule has 2 heterocycles. The Hall–Kier alpha value is -1.70. The van der Waals surface area contributed by atoms with Gasteiger partial charge in [0, 0.05) is 0 Å². The van der Waals surface area contributed by atoms with Crippen LogP contribution < -0.4 is 0 Å². The largest absolute Gasteiger partial charge is 0.492 e. The molecule has 1 aromatic rings. The Morgan fingerprint density at radius 2 is 1.91 bits per heavy atom. The number of aliphatic hydroxyl groups is 1. The Morgan fingerprint density at radius 1 is 1.30 bits per heavy atom. The number of hydrogen-bond acceptors (Lipinski definition) is 6. The smallest absolute Gasteiger partial charge is 0.464 e. The number of nitrogens with zero attached hydrogens (tertiary/aromatic N) is 1. The molecule has 0 saturated carbocycles. The first-order valence-electron chi connectivity index (χ1n) is 7.42. The molecule has 0 amide bonds. The van der Waals surface area contributed by atoms with E-state index in [-0.39, 0.29) is 12.3 Å². The lowest BCUT2D eigenvalue weighted by Crippen LogP contribution is -2.41. The van der Waals surface area contributed by atoms with Crippen LogP contribution in [0.2, 0.25) is 0 Å². The summed E-state index contributed by atoms with van der Waals surface area (Å²) in [6.45, 7) is 7.54. The molecule has 124 valence electrons. The molecule has 1 aliphatic heterocycles. The first-order chi connectivity index (χ1) is 10.7. The van der Waals surface area contributed by atoms with E-state index in [1.165, 1.54) is 7.11 Å². The molecule has 0 aliphatic carbocycles. The van der Waals surface area contributed by atoms with Gasteiger partial charge in [0.25, 0.3) is 0 Å². The SMILES string of the molecule is COC(=O)c1cccc(C=C(CO)B2OC(C)(C)C(C)(C)O2)n1. The van der Waals surface area contributed by atoms with Crippen LogP contribution >= 0.6 is 0 Å². The van der Waals surface area contributed by atoms with Crippen LogP contribution in [-0.4, -0.2) is 48.1 Å². The van der Waals surface area contributed by atoms with Gasteiger partial charge in [-0.3, -0.25) is 0 Å². The molecule has 7 heteroatoms. The average molecular weight is 319 g/mol. The number of aliphatic hydroxyl groups excluding tert-OH is 1. The first-order valence-corrected chi connectivity index (χ1v) is 7.42. The van der Waals surface area contributed by atoms with E-state index in [0.717, 1.165) is 0 Å². The second-order valence-electron chi connectivity index (χ2n) is 6.40. The highest BCUT2D eigenvalue weighted by Gasteiger charge is 2.52. The predicted octanol–water partition coefficient (Wildman–Crippen LogP) is 1.88. The van der Waals surface area contributed by atoms with Crippen molar-refractivity contribution in [1.82, 2.24) is 4.98 Å². The van der Waals surface area contributed by atoms with Crippen LogP contribution in [0, 0.1) is 0 Å². The summed E-state index contributed by atoms with van der Waals surface area (Å²) in [6, 6.07) is 4.99. The summed E-state index contributed by atoms with van der Waals surface area (Å²) >= 11 is 0. The van der Waals surface area contributed by atoms with Gasteiger partial charge in [-0.1, -0.05) is 6.07 Å². The van der Waals surface area contributed by atoms with Crippen molar-refractivity contribution in [3.05, 3.63) is 35.1 Å². The Labute approximate surface area is 136 Å². The van der Waals surface area contributed by atoms with Crippen molar-refractivity contribution in [3.8, 4) is 0 Å². The molecule has 0 unspecified atom stereocenters. The van der Waals surface area contributed by atoms with Crippen molar-refractivity contribution in [2.24, 2.45) is 0 Å². The number of carbonyl (C=O) groups is 1. The number of esters is 1. The summed E-state index contributed by atoms with van der Waals surface area (Å²) < 4.78 is 16.5. The van der Waals surface area contributed by atoms with E-state index in [1.807, 2.05) is 27.7 Å². The molecule has 6 nitrogen and oxygen atoms in total. The van der Waals surface area contributed by atoms with Crippen LogP contribution in [0.5, 0.6) is 0 Å². The normalized spacial score (nSPS) is 19.7. The van der Waals surface area contributed by atoms with Crippen molar-refractivity contribution >= 4 is 19.2 Å². The quantitative estimate of drug-likeness (QED) is 0.674. The van der Waals surface area contributed by atoms with E-state index in [9.17, 15) is 9.90 Å². The van der Waals surface area contributed by atoms with Gasteiger partial charge in [-0.2, -0.15) is 0 Å². The summed E-state index contributed by atoms with van der Waals surface area (Å²) in [4.78, 5) is 15.7. The molecule has 1 saturated heterocycles.